The highest BCUT2D eigenvalue weighted by molar-refractivity contribution is 14.0. The number of ketones is 5. The number of carboxylic acid groups (broad SMARTS) is 1. The molecular formula is C109H158FIN8O22. The van der Waals surface area contributed by atoms with E-state index in [1.807, 2.05) is 76.2 Å². The van der Waals surface area contributed by atoms with E-state index >= 15 is 0 Å². The van der Waals surface area contributed by atoms with E-state index in [9.17, 15) is 67.1 Å². The van der Waals surface area contributed by atoms with Crippen LogP contribution >= 0.6 is 24.0 Å². The van der Waals surface area contributed by atoms with Crippen molar-refractivity contribution in [2.75, 3.05) is 62.7 Å². The molecule has 6 aromatic carbocycles. The molecule has 0 fully saturated rings. The molecule has 3 heterocycles. The summed E-state index contributed by atoms with van der Waals surface area (Å²) < 4.78 is 38.2. The van der Waals surface area contributed by atoms with E-state index in [-0.39, 0.29) is 121 Å². The summed E-state index contributed by atoms with van der Waals surface area (Å²) in [5, 5.41) is 22.3. The fraction of sp³-hybridized carbons (Fsp3) is 0.541. The Hall–Kier alpha value is -11.7. The number of amides is 7. The Kier molecular flexibility index (Phi) is 53.3. The number of aliphatic carboxylic acids is 1. The minimum Gasteiger partial charge on any atom is -0.496 e. The fourth-order valence-electron chi connectivity index (χ4n) is 16.5. The number of methoxy groups -OCH3 is 5. The molecule has 780 valence electrons. The first-order chi connectivity index (χ1) is 65.0. The van der Waals surface area contributed by atoms with Gasteiger partial charge in [-0.2, -0.15) is 0 Å². The molecule has 0 saturated heterocycles. The number of nitrogens with zero attached hydrogens (tertiary/aromatic N) is 2. The summed E-state index contributed by atoms with van der Waals surface area (Å²) >= 11 is 0. The number of rotatable bonds is 26. The van der Waals surface area contributed by atoms with Crippen molar-refractivity contribution in [2.45, 2.75) is 295 Å². The molecule has 3 aliphatic heterocycles. The zero-order chi connectivity index (χ0) is 103. The van der Waals surface area contributed by atoms with E-state index in [1.54, 1.807) is 140 Å². The zero-order valence-corrected chi connectivity index (χ0v) is 89.2. The molecule has 0 saturated carbocycles. The maximum atomic E-state index is 14.1. The molecule has 0 spiro atoms. The van der Waals surface area contributed by atoms with E-state index in [2.05, 4.69) is 65.6 Å². The van der Waals surface area contributed by atoms with Gasteiger partial charge in [0.2, 0.25) is 29.5 Å². The topological polar surface area (TPSA) is 416 Å². The number of halogens is 2. The lowest BCUT2D eigenvalue weighted by atomic mass is 9.84. The highest BCUT2D eigenvalue weighted by Gasteiger charge is 2.39. The number of fused-ring (bicyclic) bond motifs is 15. The van der Waals surface area contributed by atoms with Gasteiger partial charge in [-0.25, -0.2) is 14.4 Å². The molecule has 0 radical (unpaired) electrons. The summed E-state index contributed by atoms with van der Waals surface area (Å²) in [5.41, 5.74) is 16.8. The molecule has 8 N–H and O–H groups in total. The van der Waals surface area contributed by atoms with E-state index < -0.39 is 113 Å². The van der Waals surface area contributed by atoms with Crippen molar-refractivity contribution in [1.82, 2.24) is 36.4 Å². The highest BCUT2D eigenvalue weighted by Crippen LogP contribution is 2.44. The minimum atomic E-state index is -1.07. The molecular weight excluding hydrogens is 1920 g/mol. The van der Waals surface area contributed by atoms with Crippen LogP contribution < -0.4 is 51.3 Å². The largest absolute Gasteiger partial charge is 0.496 e. The molecule has 141 heavy (non-hydrogen) atoms. The van der Waals surface area contributed by atoms with Gasteiger partial charge in [0.25, 0.3) is 0 Å². The lowest BCUT2D eigenvalue weighted by molar-refractivity contribution is -0.145. The van der Waals surface area contributed by atoms with Gasteiger partial charge in [-0.05, 0) is 231 Å². The Morgan fingerprint density at radius 1 is 0.461 bits per heavy atom. The summed E-state index contributed by atoms with van der Waals surface area (Å²) in [5.74, 6) is -4.80. The molecule has 0 aliphatic carbocycles. The van der Waals surface area contributed by atoms with Gasteiger partial charge in [-0.3, -0.25) is 57.4 Å². The summed E-state index contributed by atoms with van der Waals surface area (Å²) in [6, 6.07) is 28.5. The fourth-order valence-corrected chi connectivity index (χ4v) is 16.5. The summed E-state index contributed by atoms with van der Waals surface area (Å²) in [4.78, 5) is 183. The maximum absolute atomic E-state index is 14.1. The molecule has 12 bridgehead atoms. The first-order valence-corrected chi connectivity index (χ1v) is 48.0. The number of likely N-dealkylation sites (N-methyl/N-ethyl adjacent to an activating group) is 2. The molecule has 7 amide bonds. The number of esters is 1. The van der Waals surface area contributed by atoms with Crippen molar-refractivity contribution in [1.29, 1.82) is 0 Å². The number of hydrogen-bond acceptors (Lipinski definition) is 22. The van der Waals surface area contributed by atoms with E-state index in [0.29, 0.717) is 121 Å². The molecule has 32 heteroatoms. The lowest BCUT2D eigenvalue weighted by Crippen LogP contribution is -2.47. The first kappa shape index (κ1) is 125. The van der Waals surface area contributed by atoms with Crippen LogP contribution in [-0.4, -0.2) is 196 Å². The number of carbonyl (C=O) groups is 14. The molecule has 30 nitrogen and oxygen atoms in total. The normalized spacial score (nSPS) is 18.5. The highest BCUT2D eigenvalue weighted by atomic mass is 127. The van der Waals surface area contributed by atoms with Crippen LogP contribution in [0, 0.1) is 43.4 Å². The maximum Gasteiger partial charge on any atom is 0.407 e. The van der Waals surface area contributed by atoms with Crippen LogP contribution in [0.5, 0.6) is 23.0 Å². The first-order valence-electron chi connectivity index (χ1n) is 48.0. The number of hydrogen-bond donors (Lipinski definition) is 7. The molecule has 0 aromatic heterocycles. The van der Waals surface area contributed by atoms with Crippen LogP contribution in [0.3, 0.4) is 0 Å². The van der Waals surface area contributed by atoms with Crippen LogP contribution in [0.1, 0.15) is 271 Å². The van der Waals surface area contributed by atoms with Gasteiger partial charge in [0.1, 0.15) is 58.1 Å². The number of aryl methyl sites for hydroxylation is 2. The predicted octanol–water partition coefficient (Wildman–Crippen LogP) is 18.1. The third-order valence-corrected chi connectivity index (χ3v) is 24.4. The Labute approximate surface area is 851 Å². The molecule has 12 atom stereocenters. The number of benzene rings is 6. The van der Waals surface area contributed by atoms with Crippen LogP contribution in [-0.2, 0) is 91.0 Å². The Bertz CT molecular complexity index is 5000. The standard InChI is InChI=1S/C37H51N3O8.C36H50N4O8.C26H31NO4.C7H14O2.C2H6.CH4.FH.HI/c1-22(12-10-11-17-38-36(45)48-37(4,5)6)35(44)40(7)33-26-14-16-32(47-9)28(21-26)27-19-25(13-15-31(27)46-8)20-29(24(3)41)39-34(43)23(2)18-30(33)42;1-21-17-29(42)32(40(6)34(44)27(37)11-9-10-16-38-35(45)48-36(3,4)5)24-13-15-31(47-8)26(20-24)25-18-23(12-14-30(25)46-7)19-28(22(2)41)39-33(21)43;1-6-20-19-10-8-16(3)22(14-19)21-12-18(9-7-15(21)2)13-23(26(30)31-5)27-25(29)17(4)11-24(20)28;1-3-4-5-6(2)7(8)9;1-2;;;/h13-16,19,21-23,29,33H,10-12,17-18,20H2,1-9H3,(H,38,45)(H,39,43);12-15,18,20-21,27-28,32H,9-11,16-17,19,37H2,1-8H3,(H,38,45)(H,39,43);7-10,12,14,17,20,23H,6,11,13H2,1-5H3,(H,27,29);6H,3-5H2,1-2H3,(H,8,9);1-2H3;1H4;2*1H/t22-,23+,29-,33-;21-,27+,28+,32+;17-,20+,23+;6-;;;;/m0110..../s1. The number of carboxylic acids is 1. The van der Waals surface area contributed by atoms with Gasteiger partial charge >= 0.3 is 24.1 Å². The van der Waals surface area contributed by atoms with Crippen LogP contribution in [0.25, 0.3) is 33.4 Å². The third-order valence-electron chi connectivity index (χ3n) is 24.4. The predicted molar refractivity (Wildman–Crippen MR) is 558 cm³/mol. The van der Waals surface area contributed by atoms with Gasteiger partial charge in [0.05, 0.1) is 59.6 Å². The van der Waals surface area contributed by atoms with Crippen LogP contribution in [0.2, 0.25) is 0 Å². The van der Waals surface area contributed by atoms with Crippen molar-refractivity contribution in [2.24, 2.45) is 35.3 Å². The van der Waals surface area contributed by atoms with Crippen LogP contribution in [0.15, 0.2) is 109 Å². The third kappa shape index (κ3) is 37.9. The second kappa shape index (κ2) is 59.9. The smallest absolute Gasteiger partial charge is 0.407 e. The zero-order valence-electron chi connectivity index (χ0n) is 86.9. The number of nitrogens with one attached hydrogen (secondary N) is 5. The van der Waals surface area contributed by atoms with E-state index in [4.69, 9.17) is 44.0 Å². The van der Waals surface area contributed by atoms with Crippen molar-refractivity contribution in [3.63, 3.8) is 0 Å². The van der Waals surface area contributed by atoms with Crippen molar-refractivity contribution < 1.29 is 110 Å². The molecule has 0 unspecified atom stereocenters. The molecule has 3 aliphatic rings. The average Bonchev–Trinajstić information content (AvgIpc) is 0.772. The van der Waals surface area contributed by atoms with Gasteiger partial charge < -0.3 is 80.4 Å². The average molecular weight is 2080 g/mol. The number of ether oxygens (including phenoxy) is 7. The second-order valence-electron chi connectivity index (χ2n) is 37.9. The quantitative estimate of drug-likeness (QED) is 0.0115. The van der Waals surface area contributed by atoms with Crippen molar-refractivity contribution >= 4 is 107 Å². The number of unbranched alkanes of at least 4 members (excludes halogenated alkanes) is 3. The van der Waals surface area contributed by atoms with Gasteiger partial charge in [0, 0.05) is 105 Å². The molecule has 9 rings (SSSR count). The monoisotopic (exact) mass is 2080 g/mol. The molecule has 6 aromatic rings. The van der Waals surface area contributed by atoms with Crippen molar-refractivity contribution in [3.8, 4) is 56.4 Å². The van der Waals surface area contributed by atoms with Gasteiger partial charge in [0.15, 0.2) is 23.1 Å². The van der Waals surface area contributed by atoms with Gasteiger partial charge in [-0.15, -0.1) is 24.0 Å². The van der Waals surface area contributed by atoms with Crippen LogP contribution in [0.4, 0.5) is 14.3 Å². The SMILES string of the molecule is C.CC.CCCC[C@H](C)C(=O)O.CC[C@@H]1C(=O)C[C@@H](C)C(=O)N[C@H](C(=O)OC)Cc2ccc(C)c(c2)-c2cc1ccc2C.COc1ccc2cc1-c1cc(ccc1OC)[C@H](N(C)C(=O)[C@@H](C)CCCCNC(=O)OC(C)(C)C)C(=O)C[C@@H](C)C(=O)N[C@H](C(C)=O)C2.COc1ccc2cc1-c1cc(ccc1OC)[C@H](N(C)C(=O)[C@@H](N)CCCCNC(=O)OC(C)(C)C)C(=O)C[C@@H](C)C(=O)N[C@H](C(C)=O)C2.F.I. The van der Waals surface area contributed by atoms with E-state index in [1.165, 1.54) is 44.9 Å². The number of carbonyl (C=O) groups excluding carboxylic acids is 13. The second-order valence-corrected chi connectivity index (χ2v) is 37.9. The summed E-state index contributed by atoms with van der Waals surface area (Å²) in [6.07, 6.45) is 6.53. The van der Waals surface area contributed by atoms with E-state index in [0.717, 1.165) is 63.8 Å². The Morgan fingerprint density at radius 2 is 0.794 bits per heavy atom. The summed E-state index contributed by atoms with van der Waals surface area (Å²) in [7, 11) is 10.6. The number of Topliss-reactive ketones (excluding diaryl/α,β-unsaturated/α-hetero) is 5. The number of alkyl carbamates (subject to hydrolysis) is 2. The van der Waals surface area contributed by atoms with Crippen molar-refractivity contribution in [3.05, 3.63) is 154 Å². The van der Waals surface area contributed by atoms with Gasteiger partial charge in [-0.1, -0.05) is 150 Å². The minimum absolute atomic E-state index is 0. The number of nitrogens with two attached hydrogens (primary N) is 1. The summed E-state index contributed by atoms with van der Waals surface area (Å²) in [6.45, 7) is 35.1. The Balaban J connectivity index is 0.000000683. The Morgan fingerprint density at radius 3 is 1.18 bits per heavy atom. The lowest BCUT2D eigenvalue weighted by Gasteiger charge is -2.31.